The van der Waals surface area contributed by atoms with Crippen LogP contribution in [0.5, 0.6) is 0 Å². The minimum absolute atomic E-state index is 0.0815. The molecule has 0 spiro atoms. The van der Waals surface area contributed by atoms with Crippen LogP contribution >= 0.6 is 0 Å². The molecule has 2 nitrogen and oxygen atoms in total. The van der Waals surface area contributed by atoms with Gasteiger partial charge in [0.15, 0.2) is 0 Å². The summed E-state index contributed by atoms with van der Waals surface area (Å²) in [6.45, 7) is 4.50. The quantitative estimate of drug-likeness (QED) is 0.691. The Kier molecular flexibility index (Phi) is 4.87. The lowest BCUT2D eigenvalue weighted by atomic mass is 9.81. The molecule has 2 heteroatoms. The van der Waals surface area contributed by atoms with Crippen molar-refractivity contribution in [1.29, 1.82) is 0 Å². The van der Waals surface area contributed by atoms with Crippen LogP contribution in [-0.2, 0) is 4.74 Å². The first-order valence-electron chi connectivity index (χ1n) is 7.58. The van der Waals surface area contributed by atoms with E-state index in [0.29, 0.717) is 18.1 Å². The topological polar surface area (TPSA) is 32.8 Å². The van der Waals surface area contributed by atoms with E-state index in [9.17, 15) is 5.11 Å². The van der Waals surface area contributed by atoms with E-state index in [1.165, 1.54) is 38.5 Å². The molecule has 1 saturated carbocycles. The molecule has 0 aromatic carbocycles. The lowest BCUT2D eigenvalue weighted by molar-refractivity contribution is 0.0634. The monoisotopic (exact) mass is 240 g/mol. The molecule has 2 rings (SSSR count). The molecule has 0 aromatic heterocycles. The van der Waals surface area contributed by atoms with Crippen molar-refractivity contribution in [3.8, 4) is 0 Å². The van der Waals surface area contributed by atoms with E-state index in [0.717, 1.165) is 18.8 Å². The number of aliphatic hydroxyl groups excluding tert-OH is 1. The molecule has 1 heterocycles. The van der Waals surface area contributed by atoms with Crippen LogP contribution in [-0.4, -0.2) is 23.4 Å². The zero-order chi connectivity index (χ0) is 12.3. The number of rotatable bonds is 7. The second-order valence-corrected chi connectivity index (χ2v) is 6.01. The van der Waals surface area contributed by atoms with E-state index in [1.54, 1.807) is 0 Å². The summed E-state index contributed by atoms with van der Waals surface area (Å²) >= 11 is 0. The zero-order valence-corrected chi connectivity index (χ0v) is 11.4. The Morgan fingerprint density at radius 3 is 2.71 bits per heavy atom. The van der Waals surface area contributed by atoms with E-state index < -0.39 is 0 Å². The van der Waals surface area contributed by atoms with Gasteiger partial charge in [-0.1, -0.05) is 39.5 Å². The van der Waals surface area contributed by atoms with Crippen LogP contribution in [0.2, 0.25) is 0 Å². The highest BCUT2D eigenvalue weighted by atomic mass is 16.6. The van der Waals surface area contributed by atoms with Gasteiger partial charge in [-0.05, 0) is 37.5 Å². The zero-order valence-electron chi connectivity index (χ0n) is 11.4. The molecule has 100 valence electrons. The summed E-state index contributed by atoms with van der Waals surface area (Å²) in [6.07, 6.45) is 10.5. The van der Waals surface area contributed by atoms with Crippen molar-refractivity contribution in [2.24, 2.45) is 11.8 Å². The SMILES string of the molecule is CCCCC(CC)CC(O)C1CCC2OC2C1. The van der Waals surface area contributed by atoms with Crippen molar-refractivity contribution in [3.63, 3.8) is 0 Å². The van der Waals surface area contributed by atoms with Gasteiger partial charge in [-0.2, -0.15) is 0 Å². The number of unbranched alkanes of at least 4 members (excludes halogenated alkanes) is 1. The Labute approximate surface area is 106 Å². The van der Waals surface area contributed by atoms with E-state index >= 15 is 0 Å². The first-order valence-corrected chi connectivity index (χ1v) is 7.58. The first-order chi connectivity index (χ1) is 8.24. The molecule has 1 saturated heterocycles. The van der Waals surface area contributed by atoms with Gasteiger partial charge in [0.25, 0.3) is 0 Å². The summed E-state index contributed by atoms with van der Waals surface area (Å²) in [7, 11) is 0. The number of hydrogen-bond acceptors (Lipinski definition) is 2. The molecule has 5 atom stereocenters. The molecule has 17 heavy (non-hydrogen) atoms. The molecule has 2 fully saturated rings. The van der Waals surface area contributed by atoms with Gasteiger partial charge in [0.1, 0.15) is 0 Å². The van der Waals surface area contributed by atoms with Crippen LogP contribution in [0.15, 0.2) is 0 Å². The van der Waals surface area contributed by atoms with Crippen LogP contribution < -0.4 is 0 Å². The number of hydrogen-bond donors (Lipinski definition) is 1. The average Bonchev–Trinajstić information content (AvgIpc) is 3.12. The van der Waals surface area contributed by atoms with E-state index in [2.05, 4.69) is 13.8 Å². The second kappa shape index (κ2) is 6.19. The Morgan fingerprint density at radius 2 is 2.06 bits per heavy atom. The maximum Gasteiger partial charge on any atom is 0.0845 e. The maximum absolute atomic E-state index is 10.4. The molecular weight excluding hydrogens is 212 g/mol. The Bertz CT molecular complexity index is 229. The summed E-state index contributed by atoms with van der Waals surface area (Å²) in [4.78, 5) is 0. The van der Waals surface area contributed by atoms with Crippen molar-refractivity contribution < 1.29 is 9.84 Å². The molecule has 0 bridgehead atoms. The van der Waals surface area contributed by atoms with Gasteiger partial charge >= 0.3 is 0 Å². The molecule has 1 N–H and O–H groups in total. The van der Waals surface area contributed by atoms with Gasteiger partial charge in [-0.15, -0.1) is 0 Å². The molecule has 2 aliphatic rings. The number of ether oxygens (including phenoxy) is 1. The fourth-order valence-corrected chi connectivity index (χ4v) is 3.30. The van der Waals surface area contributed by atoms with Gasteiger partial charge in [-0.3, -0.25) is 0 Å². The third-order valence-electron chi connectivity index (χ3n) is 4.71. The van der Waals surface area contributed by atoms with Gasteiger partial charge < -0.3 is 9.84 Å². The highest BCUT2D eigenvalue weighted by Crippen LogP contribution is 2.41. The highest BCUT2D eigenvalue weighted by Gasteiger charge is 2.45. The predicted molar refractivity (Wildman–Crippen MR) is 69.9 cm³/mol. The summed E-state index contributed by atoms with van der Waals surface area (Å²) < 4.78 is 5.54. The lowest BCUT2D eigenvalue weighted by Gasteiger charge is -2.27. The number of fused-ring (bicyclic) bond motifs is 1. The molecule has 0 aromatic rings. The molecule has 1 aliphatic carbocycles. The molecule has 0 radical (unpaired) electrons. The third kappa shape index (κ3) is 3.69. The van der Waals surface area contributed by atoms with Crippen LogP contribution in [0.1, 0.15) is 65.2 Å². The molecular formula is C15H28O2. The van der Waals surface area contributed by atoms with Crippen molar-refractivity contribution in [2.45, 2.75) is 83.5 Å². The summed E-state index contributed by atoms with van der Waals surface area (Å²) in [5.74, 6) is 1.23. The lowest BCUT2D eigenvalue weighted by Crippen LogP contribution is -2.28. The maximum atomic E-state index is 10.4. The van der Waals surface area contributed by atoms with E-state index in [4.69, 9.17) is 4.74 Å². The molecule has 5 unspecified atom stereocenters. The Balaban J connectivity index is 1.72. The van der Waals surface area contributed by atoms with Crippen molar-refractivity contribution in [2.75, 3.05) is 0 Å². The number of aliphatic hydroxyl groups is 1. The standard InChI is InChI=1S/C15H28O2/c1-3-5-6-11(4-2)9-13(16)12-7-8-14-15(10-12)17-14/h11-16H,3-10H2,1-2H3. The normalized spacial score (nSPS) is 35.1. The van der Waals surface area contributed by atoms with Gasteiger partial charge in [-0.25, -0.2) is 0 Å². The van der Waals surface area contributed by atoms with Crippen LogP contribution in [0.25, 0.3) is 0 Å². The van der Waals surface area contributed by atoms with Crippen LogP contribution in [0.3, 0.4) is 0 Å². The van der Waals surface area contributed by atoms with Crippen molar-refractivity contribution in [1.82, 2.24) is 0 Å². The van der Waals surface area contributed by atoms with Crippen LogP contribution in [0, 0.1) is 11.8 Å². The van der Waals surface area contributed by atoms with Gasteiger partial charge in [0.05, 0.1) is 18.3 Å². The predicted octanol–water partition coefficient (Wildman–Crippen LogP) is 3.52. The summed E-state index contributed by atoms with van der Waals surface area (Å²) in [5, 5.41) is 10.4. The van der Waals surface area contributed by atoms with Crippen LogP contribution in [0.4, 0.5) is 0 Å². The third-order valence-corrected chi connectivity index (χ3v) is 4.71. The second-order valence-electron chi connectivity index (χ2n) is 6.01. The minimum Gasteiger partial charge on any atom is -0.393 e. The average molecular weight is 240 g/mol. The van der Waals surface area contributed by atoms with E-state index in [-0.39, 0.29) is 6.10 Å². The van der Waals surface area contributed by atoms with Crippen molar-refractivity contribution in [3.05, 3.63) is 0 Å². The fourth-order valence-electron chi connectivity index (χ4n) is 3.30. The minimum atomic E-state index is -0.0815. The first kappa shape index (κ1) is 13.4. The largest absolute Gasteiger partial charge is 0.393 e. The highest BCUT2D eigenvalue weighted by molar-refractivity contribution is 4.93. The smallest absolute Gasteiger partial charge is 0.0845 e. The molecule has 0 amide bonds. The van der Waals surface area contributed by atoms with Crippen molar-refractivity contribution >= 4 is 0 Å². The summed E-state index contributed by atoms with van der Waals surface area (Å²) in [6, 6.07) is 0. The van der Waals surface area contributed by atoms with E-state index in [1.807, 2.05) is 0 Å². The van der Waals surface area contributed by atoms with Gasteiger partial charge in [0, 0.05) is 0 Å². The van der Waals surface area contributed by atoms with Gasteiger partial charge in [0.2, 0.25) is 0 Å². The Morgan fingerprint density at radius 1 is 1.24 bits per heavy atom. The summed E-state index contributed by atoms with van der Waals surface area (Å²) in [5.41, 5.74) is 0. The number of epoxide rings is 1. The fraction of sp³-hybridized carbons (Fsp3) is 1.00. The molecule has 1 aliphatic heterocycles. The Hall–Kier alpha value is -0.0800.